The summed E-state index contributed by atoms with van der Waals surface area (Å²) in [7, 11) is 1.72. The molecule has 2 aromatic heterocycles. The number of nitrogens with one attached hydrogen (secondary N) is 2. The van der Waals surface area contributed by atoms with E-state index in [4.69, 9.17) is 4.74 Å². The Kier molecular flexibility index (Phi) is 8.29. The number of halogens is 2. The summed E-state index contributed by atoms with van der Waals surface area (Å²) in [4.78, 5) is 9.72. The highest BCUT2D eigenvalue weighted by Gasteiger charge is 2.10. The van der Waals surface area contributed by atoms with Crippen molar-refractivity contribution in [3.05, 3.63) is 53.6 Å². The zero-order chi connectivity index (χ0) is 18.4. The Hall–Kier alpha value is -1.88. The van der Waals surface area contributed by atoms with Crippen LogP contribution in [0.25, 0.3) is 4.96 Å². The lowest BCUT2D eigenvalue weighted by atomic mass is 10.2. The van der Waals surface area contributed by atoms with E-state index in [0.29, 0.717) is 24.8 Å². The second-order valence-corrected chi connectivity index (χ2v) is 6.61. The molecule has 0 spiro atoms. The van der Waals surface area contributed by atoms with Gasteiger partial charge in [0.15, 0.2) is 10.9 Å². The number of rotatable bonds is 7. The van der Waals surface area contributed by atoms with Crippen molar-refractivity contribution in [1.29, 1.82) is 0 Å². The Bertz CT molecular complexity index is 853. The third-order valence-electron chi connectivity index (χ3n) is 3.86. The first-order valence-corrected chi connectivity index (χ1v) is 9.33. The third kappa shape index (κ3) is 6.06. The van der Waals surface area contributed by atoms with Crippen LogP contribution in [0.3, 0.4) is 0 Å². The average Bonchev–Trinajstić information content (AvgIpc) is 3.22. The molecule has 27 heavy (non-hydrogen) atoms. The van der Waals surface area contributed by atoms with Crippen LogP contribution in [0.2, 0.25) is 0 Å². The molecule has 0 radical (unpaired) electrons. The van der Waals surface area contributed by atoms with Crippen LogP contribution in [0.15, 0.2) is 47.0 Å². The molecule has 6 nitrogen and oxygen atoms in total. The van der Waals surface area contributed by atoms with Gasteiger partial charge in [0.1, 0.15) is 17.7 Å². The smallest absolute Gasteiger partial charge is 0.193 e. The summed E-state index contributed by atoms with van der Waals surface area (Å²) in [5.74, 6) is 0.894. The maximum Gasteiger partial charge on any atom is 0.193 e. The molecular formula is C18H23FIN5OS. The molecular weight excluding hydrogens is 480 g/mol. The summed E-state index contributed by atoms with van der Waals surface area (Å²) in [5.41, 5.74) is 0.947. The number of hydrogen-bond acceptors (Lipinski definition) is 4. The molecule has 1 unspecified atom stereocenters. The predicted octanol–water partition coefficient (Wildman–Crippen LogP) is 3.68. The summed E-state index contributed by atoms with van der Waals surface area (Å²) in [6.07, 6.45) is 4.68. The number of benzene rings is 1. The number of fused-ring (bicyclic) bond motifs is 1. The van der Waals surface area contributed by atoms with Gasteiger partial charge in [-0.1, -0.05) is 13.0 Å². The molecule has 1 atom stereocenters. The summed E-state index contributed by atoms with van der Waals surface area (Å²) in [6, 6.07) is 6.18. The first-order chi connectivity index (χ1) is 12.7. The Morgan fingerprint density at radius 1 is 1.41 bits per heavy atom. The van der Waals surface area contributed by atoms with E-state index in [9.17, 15) is 4.39 Å². The molecule has 0 saturated carbocycles. The molecule has 3 aromatic rings. The van der Waals surface area contributed by atoms with Crippen LogP contribution in [-0.2, 0) is 6.54 Å². The highest BCUT2D eigenvalue weighted by atomic mass is 127. The second kappa shape index (κ2) is 10.5. The van der Waals surface area contributed by atoms with Crippen molar-refractivity contribution in [3.63, 3.8) is 0 Å². The van der Waals surface area contributed by atoms with Crippen molar-refractivity contribution < 1.29 is 9.13 Å². The minimum Gasteiger partial charge on any atom is -0.489 e. The van der Waals surface area contributed by atoms with Crippen molar-refractivity contribution in [2.24, 2.45) is 4.99 Å². The number of guanidine groups is 1. The van der Waals surface area contributed by atoms with E-state index in [1.807, 2.05) is 29.1 Å². The number of aliphatic imine (C=N–C) groups is 1. The molecule has 0 bridgehead atoms. The Labute approximate surface area is 178 Å². The fourth-order valence-corrected chi connectivity index (χ4v) is 3.19. The van der Waals surface area contributed by atoms with E-state index < -0.39 is 0 Å². The fourth-order valence-electron chi connectivity index (χ4n) is 2.47. The second-order valence-electron chi connectivity index (χ2n) is 5.74. The molecule has 0 fully saturated rings. The van der Waals surface area contributed by atoms with E-state index in [1.165, 1.54) is 12.1 Å². The molecule has 1 aromatic carbocycles. The van der Waals surface area contributed by atoms with E-state index in [2.05, 4.69) is 20.6 Å². The van der Waals surface area contributed by atoms with Gasteiger partial charge in [0, 0.05) is 30.9 Å². The topological polar surface area (TPSA) is 63.0 Å². The SMILES string of the molecule is CCC(CNC(=NC)NCc1cn2ccsc2n1)Oc1cccc(F)c1.I. The van der Waals surface area contributed by atoms with Gasteiger partial charge in [-0.2, -0.15) is 0 Å². The van der Waals surface area contributed by atoms with Crippen LogP contribution in [-0.4, -0.2) is 35.0 Å². The molecule has 0 aliphatic carbocycles. The Morgan fingerprint density at radius 2 is 2.26 bits per heavy atom. The quantitative estimate of drug-likeness (QED) is 0.294. The standard InChI is InChI=1S/C18H22FN5OS.HI/c1-3-15(25-16-6-4-5-13(19)9-16)11-22-17(20-2)21-10-14-12-24-7-8-26-18(24)23-14;/h4-9,12,15H,3,10-11H2,1-2H3,(H2,20,21,22);1H. The van der Waals surface area contributed by atoms with Crippen LogP contribution in [0.1, 0.15) is 19.0 Å². The highest BCUT2D eigenvalue weighted by molar-refractivity contribution is 14.0. The lowest BCUT2D eigenvalue weighted by Crippen LogP contribution is -2.42. The highest BCUT2D eigenvalue weighted by Crippen LogP contribution is 2.15. The lowest BCUT2D eigenvalue weighted by Gasteiger charge is -2.19. The van der Waals surface area contributed by atoms with Crippen molar-refractivity contribution in [3.8, 4) is 5.75 Å². The zero-order valence-electron chi connectivity index (χ0n) is 15.2. The first kappa shape index (κ1) is 21.4. The number of hydrogen-bond donors (Lipinski definition) is 2. The van der Waals surface area contributed by atoms with Gasteiger partial charge in [0.25, 0.3) is 0 Å². The lowest BCUT2D eigenvalue weighted by molar-refractivity contribution is 0.198. The normalized spacial score (nSPS) is 12.5. The van der Waals surface area contributed by atoms with Gasteiger partial charge >= 0.3 is 0 Å². The van der Waals surface area contributed by atoms with Crippen LogP contribution in [0.4, 0.5) is 4.39 Å². The number of ether oxygens (including phenoxy) is 1. The van der Waals surface area contributed by atoms with Gasteiger partial charge in [-0.05, 0) is 18.6 Å². The van der Waals surface area contributed by atoms with Crippen LogP contribution in [0, 0.1) is 5.82 Å². The molecule has 146 valence electrons. The van der Waals surface area contributed by atoms with Gasteiger partial charge in [-0.3, -0.25) is 9.39 Å². The van der Waals surface area contributed by atoms with Gasteiger partial charge in [-0.15, -0.1) is 35.3 Å². The van der Waals surface area contributed by atoms with Crippen LogP contribution >= 0.6 is 35.3 Å². The summed E-state index contributed by atoms with van der Waals surface area (Å²) >= 11 is 1.60. The largest absolute Gasteiger partial charge is 0.489 e. The Morgan fingerprint density at radius 3 is 2.96 bits per heavy atom. The molecule has 0 amide bonds. The average molecular weight is 503 g/mol. The monoisotopic (exact) mass is 503 g/mol. The first-order valence-electron chi connectivity index (χ1n) is 8.45. The van der Waals surface area contributed by atoms with Gasteiger partial charge in [0.05, 0.1) is 18.8 Å². The maximum absolute atomic E-state index is 13.3. The summed E-state index contributed by atoms with van der Waals surface area (Å²) in [5, 5.41) is 8.49. The number of imidazole rings is 1. The van der Waals surface area contributed by atoms with Crippen molar-refractivity contribution in [1.82, 2.24) is 20.0 Å². The zero-order valence-corrected chi connectivity index (χ0v) is 18.3. The van der Waals surface area contributed by atoms with E-state index in [-0.39, 0.29) is 35.9 Å². The summed E-state index contributed by atoms with van der Waals surface area (Å²) in [6.45, 7) is 3.17. The molecule has 2 N–H and O–H groups in total. The maximum atomic E-state index is 13.3. The van der Waals surface area contributed by atoms with Gasteiger partial charge in [-0.25, -0.2) is 9.37 Å². The predicted molar refractivity (Wildman–Crippen MR) is 118 cm³/mol. The molecule has 9 heteroatoms. The van der Waals surface area contributed by atoms with Gasteiger partial charge in [0.2, 0.25) is 0 Å². The molecule has 3 rings (SSSR count). The van der Waals surface area contributed by atoms with E-state index in [1.54, 1.807) is 30.5 Å². The number of aromatic nitrogens is 2. The van der Waals surface area contributed by atoms with Crippen LogP contribution in [0.5, 0.6) is 5.75 Å². The van der Waals surface area contributed by atoms with Crippen molar-refractivity contribution in [2.75, 3.05) is 13.6 Å². The van der Waals surface area contributed by atoms with E-state index >= 15 is 0 Å². The van der Waals surface area contributed by atoms with Crippen molar-refractivity contribution in [2.45, 2.75) is 26.0 Å². The van der Waals surface area contributed by atoms with Gasteiger partial charge < -0.3 is 15.4 Å². The molecule has 0 aliphatic heterocycles. The van der Waals surface area contributed by atoms with Crippen LogP contribution < -0.4 is 15.4 Å². The number of nitrogens with zero attached hydrogens (tertiary/aromatic N) is 3. The van der Waals surface area contributed by atoms with E-state index in [0.717, 1.165) is 17.1 Å². The Balaban J connectivity index is 0.00000261. The molecule has 0 aliphatic rings. The van der Waals surface area contributed by atoms with Crippen molar-refractivity contribution >= 4 is 46.2 Å². The molecule has 0 saturated heterocycles. The number of thiazole rings is 1. The third-order valence-corrected chi connectivity index (χ3v) is 4.63. The molecule has 2 heterocycles. The fraction of sp³-hybridized carbons (Fsp3) is 0.333. The summed E-state index contributed by atoms with van der Waals surface area (Å²) < 4.78 is 21.1. The minimum absolute atomic E-state index is 0. The minimum atomic E-state index is -0.303.